The highest BCUT2D eigenvalue weighted by Crippen LogP contribution is 2.18. The fourth-order valence-electron chi connectivity index (χ4n) is 2.53. The smallest absolute Gasteiger partial charge is 0.260 e. The molecule has 0 bridgehead atoms. The molecule has 8 heteroatoms. The molecule has 2 amide bonds. The van der Waals surface area contributed by atoms with E-state index in [1.54, 1.807) is 29.7 Å². The van der Waals surface area contributed by atoms with Crippen molar-refractivity contribution in [2.45, 2.75) is 32.7 Å². The summed E-state index contributed by atoms with van der Waals surface area (Å²) in [6, 6.07) is 3.73. The van der Waals surface area contributed by atoms with Gasteiger partial charge in [-0.1, -0.05) is 0 Å². The highest BCUT2D eigenvalue weighted by atomic mass is 32.1. The average Bonchev–Trinajstić information content (AvgIpc) is 3.30. The normalized spacial score (nSPS) is 11.9. The van der Waals surface area contributed by atoms with Gasteiger partial charge in [0.05, 0.1) is 23.9 Å². The zero-order chi connectivity index (χ0) is 18.5. The lowest BCUT2D eigenvalue weighted by Crippen LogP contribution is -2.35. The van der Waals surface area contributed by atoms with Crippen LogP contribution in [0.1, 0.15) is 34.3 Å². The van der Waals surface area contributed by atoms with Crippen LogP contribution in [-0.4, -0.2) is 22.8 Å². The Labute approximate surface area is 159 Å². The number of anilines is 1. The first-order valence-electron chi connectivity index (χ1n) is 8.11. The van der Waals surface area contributed by atoms with Crippen molar-refractivity contribution < 1.29 is 14.0 Å². The Kier molecular flexibility index (Phi) is 5.85. The molecule has 0 aromatic carbocycles. The van der Waals surface area contributed by atoms with Crippen molar-refractivity contribution in [1.29, 1.82) is 0 Å². The SMILES string of the molecule is Cc1occc1C(=O)Nc1nc(CC(=O)NC(C)Cc2ccsc2)cs1. The van der Waals surface area contributed by atoms with E-state index in [9.17, 15) is 9.59 Å². The van der Waals surface area contributed by atoms with Gasteiger partial charge in [-0.15, -0.1) is 11.3 Å². The number of rotatable bonds is 7. The van der Waals surface area contributed by atoms with Crippen molar-refractivity contribution >= 4 is 39.6 Å². The second kappa shape index (κ2) is 8.29. The summed E-state index contributed by atoms with van der Waals surface area (Å²) in [6.45, 7) is 3.71. The Balaban J connectivity index is 1.50. The highest BCUT2D eigenvalue weighted by Gasteiger charge is 2.15. The maximum Gasteiger partial charge on any atom is 0.260 e. The first kappa shape index (κ1) is 18.3. The molecule has 136 valence electrons. The number of hydrogen-bond donors (Lipinski definition) is 2. The van der Waals surface area contributed by atoms with Crippen molar-refractivity contribution in [2.24, 2.45) is 0 Å². The van der Waals surface area contributed by atoms with E-state index < -0.39 is 0 Å². The van der Waals surface area contributed by atoms with Crippen molar-refractivity contribution in [3.05, 3.63) is 57.1 Å². The molecule has 0 radical (unpaired) electrons. The Bertz CT molecular complexity index is 883. The molecule has 2 N–H and O–H groups in total. The number of amides is 2. The fourth-order valence-corrected chi connectivity index (χ4v) is 3.92. The van der Waals surface area contributed by atoms with Gasteiger partial charge in [-0.2, -0.15) is 11.3 Å². The number of thiophene rings is 1. The van der Waals surface area contributed by atoms with Gasteiger partial charge in [-0.25, -0.2) is 4.98 Å². The van der Waals surface area contributed by atoms with Crippen LogP contribution in [0.5, 0.6) is 0 Å². The summed E-state index contributed by atoms with van der Waals surface area (Å²) >= 11 is 2.94. The van der Waals surface area contributed by atoms with E-state index in [0.29, 0.717) is 22.1 Å². The van der Waals surface area contributed by atoms with E-state index in [1.807, 2.05) is 12.3 Å². The lowest BCUT2D eigenvalue weighted by Gasteiger charge is -2.12. The number of furan rings is 1. The minimum absolute atomic E-state index is 0.0546. The van der Waals surface area contributed by atoms with Crippen molar-refractivity contribution in [2.75, 3.05) is 5.32 Å². The molecule has 0 saturated heterocycles. The van der Waals surface area contributed by atoms with Gasteiger partial charge in [-0.3, -0.25) is 14.9 Å². The molecule has 0 aliphatic carbocycles. The minimum Gasteiger partial charge on any atom is -0.469 e. The molecule has 0 fully saturated rings. The molecule has 3 heterocycles. The van der Waals surface area contributed by atoms with Crippen LogP contribution in [0.3, 0.4) is 0 Å². The zero-order valence-corrected chi connectivity index (χ0v) is 16.1. The van der Waals surface area contributed by atoms with E-state index in [-0.39, 0.29) is 24.3 Å². The average molecular weight is 390 g/mol. The summed E-state index contributed by atoms with van der Waals surface area (Å²) in [5.41, 5.74) is 2.33. The Morgan fingerprint density at radius 3 is 2.85 bits per heavy atom. The lowest BCUT2D eigenvalue weighted by molar-refractivity contribution is -0.121. The van der Waals surface area contributed by atoms with Gasteiger partial charge >= 0.3 is 0 Å². The van der Waals surface area contributed by atoms with Crippen molar-refractivity contribution in [3.63, 3.8) is 0 Å². The first-order valence-corrected chi connectivity index (χ1v) is 9.94. The third-order valence-electron chi connectivity index (χ3n) is 3.75. The van der Waals surface area contributed by atoms with E-state index in [2.05, 4.69) is 27.1 Å². The molecule has 0 saturated carbocycles. The van der Waals surface area contributed by atoms with E-state index in [0.717, 1.165) is 6.42 Å². The van der Waals surface area contributed by atoms with E-state index in [4.69, 9.17) is 4.42 Å². The first-order chi connectivity index (χ1) is 12.5. The molecule has 3 aromatic heterocycles. The number of carbonyl (C=O) groups excluding carboxylic acids is 2. The molecule has 1 atom stereocenters. The monoisotopic (exact) mass is 389 g/mol. The van der Waals surface area contributed by atoms with E-state index in [1.165, 1.54) is 23.2 Å². The maximum absolute atomic E-state index is 12.2. The number of carbonyl (C=O) groups is 2. The number of aryl methyl sites for hydroxylation is 1. The van der Waals surface area contributed by atoms with Crippen LogP contribution in [0, 0.1) is 6.92 Å². The predicted molar refractivity (Wildman–Crippen MR) is 103 cm³/mol. The molecule has 0 spiro atoms. The fraction of sp³-hybridized carbons (Fsp3) is 0.278. The number of hydrogen-bond acceptors (Lipinski definition) is 6. The number of aromatic nitrogens is 1. The van der Waals surface area contributed by atoms with Gasteiger partial charge in [0.1, 0.15) is 5.76 Å². The molecule has 26 heavy (non-hydrogen) atoms. The minimum atomic E-state index is -0.272. The van der Waals surface area contributed by atoms with Gasteiger partial charge < -0.3 is 9.73 Å². The van der Waals surface area contributed by atoms with Gasteiger partial charge in [0.2, 0.25) is 5.91 Å². The lowest BCUT2D eigenvalue weighted by atomic mass is 10.1. The Morgan fingerprint density at radius 1 is 1.31 bits per heavy atom. The number of thiazole rings is 1. The second-order valence-corrected chi connectivity index (χ2v) is 7.61. The molecule has 3 aromatic rings. The van der Waals surface area contributed by atoms with Crippen molar-refractivity contribution in [3.8, 4) is 0 Å². The summed E-state index contributed by atoms with van der Waals surface area (Å²) in [5, 5.41) is 12.1. The van der Waals surface area contributed by atoms with Crippen LogP contribution in [0.2, 0.25) is 0 Å². The quantitative estimate of drug-likeness (QED) is 0.646. The van der Waals surface area contributed by atoms with Crippen LogP contribution in [0.4, 0.5) is 5.13 Å². The molecule has 1 unspecified atom stereocenters. The predicted octanol–water partition coefficient (Wildman–Crippen LogP) is 3.65. The molecule has 3 rings (SSSR count). The van der Waals surface area contributed by atoms with Gasteiger partial charge in [-0.05, 0) is 48.7 Å². The van der Waals surface area contributed by atoms with Crippen molar-refractivity contribution in [1.82, 2.24) is 10.3 Å². The summed E-state index contributed by atoms with van der Waals surface area (Å²) in [4.78, 5) is 28.6. The van der Waals surface area contributed by atoms with Gasteiger partial charge in [0, 0.05) is 11.4 Å². The Hall–Kier alpha value is -2.45. The largest absolute Gasteiger partial charge is 0.469 e. The summed E-state index contributed by atoms with van der Waals surface area (Å²) in [7, 11) is 0. The van der Waals surface area contributed by atoms with Crippen LogP contribution < -0.4 is 10.6 Å². The molecule has 6 nitrogen and oxygen atoms in total. The second-order valence-electron chi connectivity index (χ2n) is 5.97. The molecule has 0 aliphatic rings. The molecular formula is C18H19N3O3S2. The maximum atomic E-state index is 12.2. The third kappa shape index (κ3) is 4.80. The van der Waals surface area contributed by atoms with Crippen LogP contribution in [0.25, 0.3) is 0 Å². The van der Waals surface area contributed by atoms with Gasteiger partial charge in [0.15, 0.2) is 5.13 Å². The summed E-state index contributed by atoms with van der Waals surface area (Å²) in [5.74, 6) is 0.200. The Morgan fingerprint density at radius 2 is 2.15 bits per heavy atom. The highest BCUT2D eigenvalue weighted by molar-refractivity contribution is 7.14. The summed E-state index contributed by atoms with van der Waals surface area (Å²) < 4.78 is 5.13. The number of nitrogens with one attached hydrogen (secondary N) is 2. The standard InChI is InChI=1S/C18H19N3O3S2/c1-11(7-13-4-6-25-9-13)19-16(22)8-14-10-26-18(20-14)21-17(23)15-3-5-24-12(15)2/h3-6,9-11H,7-8H2,1-2H3,(H,19,22)(H,20,21,23). The molecule has 0 aliphatic heterocycles. The van der Waals surface area contributed by atoms with Crippen LogP contribution in [0.15, 0.2) is 39.0 Å². The topological polar surface area (TPSA) is 84.2 Å². The zero-order valence-electron chi connectivity index (χ0n) is 14.4. The van der Waals surface area contributed by atoms with Gasteiger partial charge in [0.25, 0.3) is 5.91 Å². The number of nitrogens with zero attached hydrogens (tertiary/aromatic N) is 1. The summed E-state index contributed by atoms with van der Waals surface area (Å²) in [6.07, 6.45) is 2.46. The third-order valence-corrected chi connectivity index (χ3v) is 5.29. The van der Waals surface area contributed by atoms with E-state index >= 15 is 0 Å². The molecular weight excluding hydrogens is 370 g/mol. The van der Waals surface area contributed by atoms with Crippen LogP contribution >= 0.6 is 22.7 Å². The van der Waals surface area contributed by atoms with Crippen LogP contribution in [-0.2, 0) is 17.6 Å².